The van der Waals surface area contributed by atoms with Crippen LogP contribution in [0.25, 0.3) is 0 Å². The van der Waals surface area contributed by atoms with Gasteiger partial charge in [0.25, 0.3) is 7.41 Å². The molecule has 0 rings (SSSR count). The smallest absolute Gasteiger partial charge is 0.269 e. The maximum absolute atomic E-state index is 4.25. The van der Waals surface area contributed by atoms with Crippen molar-refractivity contribution in [1.29, 1.82) is 0 Å². The predicted molar refractivity (Wildman–Crippen MR) is 104 cm³/mol. The van der Waals surface area contributed by atoms with E-state index in [9.17, 15) is 0 Å². The molecule has 0 N–H and O–H groups in total. The second-order valence-corrected chi connectivity index (χ2v) is 6.03. The third-order valence-corrected chi connectivity index (χ3v) is 3.28. The van der Waals surface area contributed by atoms with Crippen molar-refractivity contribution in [3.63, 3.8) is 0 Å². The van der Waals surface area contributed by atoms with Gasteiger partial charge in [-0.1, -0.05) is 72.3 Å². The van der Waals surface area contributed by atoms with Crippen LogP contribution in [0.5, 0.6) is 0 Å². The lowest BCUT2D eigenvalue weighted by atomic mass is 9.75. The average molecular weight is 295 g/mol. The molecule has 0 aromatic rings. The Labute approximate surface area is 138 Å². The molecule has 0 saturated carbocycles. The molecule has 22 heavy (non-hydrogen) atoms. The SMILES string of the molecule is C=C/C=C\C(C(=C)N(C)B/C(=C/C=C(C)C)C(=C)C)=C(C)C. The van der Waals surface area contributed by atoms with Crippen LogP contribution in [0, 0.1) is 0 Å². The number of likely N-dealkylation sites (N-methyl/N-ethyl adjacent to an activating group) is 1. The Morgan fingerprint density at radius 3 is 2.00 bits per heavy atom. The van der Waals surface area contributed by atoms with Crippen molar-refractivity contribution in [1.82, 2.24) is 4.81 Å². The lowest BCUT2D eigenvalue weighted by molar-refractivity contribution is 0.683. The minimum absolute atomic E-state index is 0.788. The summed E-state index contributed by atoms with van der Waals surface area (Å²) in [7, 11) is 2.85. The molecule has 0 aliphatic carbocycles. The topological polar surface area (TPSA) is 3.24 Å². The number of rotatable bonds is 8. The van der Waals surface area contributed by atoms with Crippen LogP contribution in [0.1, 0.15) is 34.6 Å². The Morgan fingerprint density at radius 1 is 1.00 bits per heavy atom. The molecule has 0 spiro atoms. The first-order valence-corrected chi connectivity index (χ1v) is 7.57. The van der Waals surface area contributed by atoms with Crippen LogP contribution in [0.4, 0.5) is 0 Å². The highest BCUT2D eigenvalue weighted by atomic mass is 15.0. The average Bonchev–Trinajstić information content (AvgIpc) is 2.42. The van der Waals surface area contributed by atoms with Gasteiger partial charge in [0.15, 0.2) is 0 Å². The van der Waals surface area contributed by atoms with Crippen LogP contribution in [-0.4, -0.2) is 19.3 Å². The molecule has 1 nitrogen and oxygen atoms in total. The second-order valence-electron chi connectivity index (χ2n) is 6.03. The third kappa shape index (κ3) is 7.17. The lowest BCUT2D eigenvalue weighted by Gasteiger charge is -2.24. The minimum Gasteiger partial charge on any atom is -0.416 e. The molecule has 0 heterocycles. The van der Waals surface area contributed by atoms with Gasteiger partial charge in [0.1, 0.15) is 0 Å². The Kier molecular flexibility index (Phi) is 9.01. The molecule has 0 bridgehead atoms. The largest absolute Gasteiger partial charge is 0.416 e. The summed E-state index contributed by atoms with van der Waals surface area (Å²) in [5.74, 6) is 0. The highest BCUT2D eigenvalue weighted by Gasteiger charge is 2.11. The fraction of sp³-hybridized carbons (Fsp3) is 0.300. The van der Waals surface area contributed by atoms with Crippen molar-refractivity contribution in [2.45, 2.75) is 34.6 Å². The van der Waals surface area contributed by atoms with Gasteiger partial charge >= 0.3 is 0 Å². The summed E-state index contributed by atoms with van der Waals surface area (Å²) in [4.78, 5) is 2.16. The van der Waals surface area contributed by atoms with Crippen LogP contribution in [0.2, 0.25) is 0 Å². The Balaban J connectivity index is 5.32. The molecular formula is C20H30BN. The summed E-state index contributed by atoms with van der Waals surface area (Å²) in [5.41, 5.74) is 6.95. The minimum atomic E-state index is 0.788. The van der Waals surface area contributed by atoms with Gasteiger partial charge < -0.3 is 4.81 Å². The summed E-state index contributed by atoms with van der Waals surface area (Å²) >= 11 is 0. The van der Waals surface area contributed by atoms with Crippen molar-refractivity contribution in [2.75, 3.05) is 7.05 Å². The molecule has 0 amide bonds. The molecular weight excluding hydrogens is 265 g/mol. The fourth-order valence-electron chi connectivity index (χ4n) is 1.87. The molecule has 0 unspecified atom stereocenters. The molecule has 0 aliphatic heterocycles. The van der Waals surface area contributed by atoms with Gasteiger partial charge in [0, 0.05) is 5.70 Å². The molecule has 0 aromatic carbocycles. The predicted octanol–water partition coefficient (Wildman–Crippen LogP) is 5.29. The van der Waals surface area contributed by atoms with Gasteiger partial charge in [-0.05, 0) is 47.2 Å². The van der Waals surface area contributed by atoms with Gasteiger partial charge in [-0.3, -0.25) is 0 Å². The van der Waals surface area contributed by atoms with Gasteiger partial charge in [-0.15, -0.1) is 0 Å². The summed E-state index contributed by atoms with van der Waals surface area (Å²) in [6.07, 6.45) is 10.1. The van der Waals surface area contributed by atoms with E-state index in [-0.39, 0.29) is 0 Å². The van der Waals surface area contributed by atoms with Crippen molar-refractivity contribution >= 4 is 7.41 Å². The summed E-state index contributed by atoms with van der Waals surface area (Å²) in [6, 6.07) is 0. The Hall–Kier alpha value is -1.96. The molecule has 0 atom stereocenters. The van der Waals surface area contributed by atoms with E-state index in [1.807, 2.05) is 13.0 Å². The number of hydrogen-bond acceptors (Lipinski definition) is 1. The van der Waals surface area contributed by atoms with Crippen LogP contribution in [0.15, 0.2) is 83.6 Å². The van der Waals surface area contributed by atoms with Gasteiger partial charge in [-0.2, -0.15) is 0 Å². The zero-order valence-electron chi connectivity index (χ0n) is 15.2. The highest BCUT2D eigenvalue weighted by Crippen LogP contribution is 2.19. The van der Waals surface area contributed by atoms with Crippen molar-refractivity contribution in [3.8, 4) is 0 Å². The molecule has 0 saturated heterocycles. The molecule has 118 valence electrons. The maximum atomic E-state index is 4.25. The zero-order chi connectivity index (χ0) is 17.3. The van der Waals surface area contributed by atoms with Crippen molar-refractivity contribution in [2.24, 2.45) is 0 Å². The number of hydrogen-bond donors (Lipinski definition) is 0. The zero-order valence-corrected chi connectivity index (χ0v) is 15.2. The first kappa shape index (κ1) is 20.0. The summed E-state index contributed by atoms with van der Waals surface area (Å²) in [5, 5.41) is 0. The van der Waals surface area contributed by atoms with E-state index in [1.54, 1.807) is 6.08 Å². The van der Waals surface area contributed by atoms with E-state index in [2.05, 4.69) is 77.5 Å². The normalized spacial score (nSPS) is 10.9. The van der Waals surface area contributed by atoms with Crippen LogP contribution in [0.3, 0.4) is 0 Å². The Bertz CT molecular complexity index is 548. The van der Waals surface area contributed by atoms with Crippen LogP contribution < -0.4 is 0 Å². The quantitative estimate of drug-likeness (QED) is 0.434. The monoisotopic (exact) mass is 295 g/mol. The van der Waals surface area contributed by atoms with Crippen molar-refractivity contribution in [3.05, 3.63) is 83.6 Å². The summed E-state index contributed by atoms with van der Waals surface area (Å²) < 4.78 is 0. The van der Waals surface area contributed by atoms with Gasteiger partial charge in [-0.25, -0.2) is 0 Å². The molecule has 0 radical (unpaired) electrons. The van der Waals surface area contributed by atoms with Gasteiger partial charge in [0.05, 0.1) is 0 Å². The molecule has 0 fully saturated rings. The highest BCUT2D eigenvalue weighted by molar-refractivity contribution is 6.44. The first-order chi connectivity index (χ1) is 10.2. The van der Waals surface area contributed by atoms with Gasteiger partial charge in [0.2, 0.25) is 0 Å². The third-order valence-electron chi connectivity index (χ3n) is 3.28. The number of nitrogens with zero attached hydrogens (tertiary/aromatic N) is 1. The van der Waals surface area contributed by atoms with Crippen LogP contribution in [-0.2, 0) is 0 Å². The van der Waals surface area contributed by atoms with E-state index in [1.165, 1.54) is 16.6 Å². The number of allylic oxidation sites excluding steroid dienone is 9. The standard InChI is InChI=1S/C20H30BN/c1-10-11-12-19(16(4)5)18(8)22(9)21-20(17(6)7)14-13-15(2)3/h10-14,21H,1,6,8H2,2-5,7,9H3/b12-11-,20-14+. The van der Waals surface area contributed by atoms with E-state index in [0.717, 1.165) is 24.3 Å². The van der Waals surface area contributed by atoms with E-state index >= 15 is 0 Å². The van der Waals surface area contributed by atoms with E-state index in [4.69, 9.17) is 0 Å². The second kappa shape index (κ2) is 9.89. The Morgan fingerprint density at radius 2 is 1.59 bits per heavy atom. The van der Waals surface area contributed by atoms with E-state index < -0.39 is 0 Å². The fourth-order valence-corrected chi connectivity index (χ4v) is 1.87. The van der Waals surface area contributed by atoms with E-state index in [0.29, 0.717) is 0 Å². The maximum Gasteiger partial charge on any atom is 0.269 e. The molecule has 0 aromatic heterocycles. The first-order valence-electron chi connectivity index (χ1n) is 7.57. The van der Waals surface area contributed by atoms with Crippen molar-refractivity contribution < 1.29 is 0 Å². The molecule has 0 aliphatic rings. The van der Waals surface area contributed by atoms with Crippen LogP contribution >= 0.6 is 0 Å². The summed E-state index contributed by atoms with van der Waals surface area (Å²) in [6.45, 7) is 22.5. The molecule has 2 heteroatoms. The lowest BCUT2D eigenvalue weighted by Crippen LogP contribution is -2.25.